The van der Waals surface area contributed by atoms with Crippen molar-refractivity contribution >= 4 is 41.0 Å². The Kier molecular flexibility index (Phi) is 9.27. The fourth-order valence-corrected chi connectivity index (χ4v) is 3.54. The molecule has 0 aliphatic carbocycles. The molecular formula is C24H25Cl2N3O4. The summed E-state index contributed by atoms with van der Waals surface area (Å²) in [6.45, 7) is 0.246. The number of nitrogens with one attached hydrogen (secondary N) is 2. The summed E-state index contributed by atoms with van der Waals surface area (Å²) in [6.07, 6.45) is 6.27. The number of cyclic esters (lactones) is 1. The molecule has 1 aliphatic heterocycles. The summed E-state index contributed by atoms with van der Waals surface area (Å²) in [5.74, 6) is -1.57. The molecule has 1 aromatic heterocycles. The van der Waals surface area contributed by atoms with E-state index in [9.17, 15) is 14.4 Å². The average Bonchev–Trinajstić information content (AvgIpc) is 2.80. The quantitative estimate of drug-likeness (QED) is 0.485. The van der Waals surface area contributed by atoms with Crippen molar-refractivity contribution in [2.45, 2.75) is 38.3 Å². The van der Waals surface area contributed by atoms with Gasteiger partial charge in [0.1, 0.15) is 12.6 Å². The number of carbonyl (C=O) groups excluding carboxylic acids is 3. The van der Waals surface area contributed by atoms with Crippen LogP contribution in [0.5, 0.6) is 0 Å². The monoisotopic (exact) mass is 489 g/mol. The number of halogens is 2. The first kappa shape index (κ1) is 24.7. The standard InChI is InChI=1S/C24H25Cl2N3O4/c25-18-8-6-16(7-9-18)13-28-23(31)12-17-4-2-1-3-5-22(30)29-21(15-33-24(17)32)20-11-10-19(26)14-27-20/h1-2,6-11,14,17,21H,3-5,12-13,15H2,(H,28,31)(H,29,30)/b2-1+/t17-,21-/m0/s1. The topological polar surface area (TPSA) is 97.4 Å². The second-order valence-electron chi connectivity index (χ2n) is 7.70. The van der Waals surface area contributed by atoms with E-state index in [0.717, 1.165) is 5.56 Å². The van der Waals surface area contributed by atoms with Crippen LogP contribution >= 0.6 is 23.2 Å². The summed E-state index contributed by atoms with van der Waals surface area (Å²) in [7, 11) is 0. The lowest BCUT2D eigenvalue weighted by Crippen LogP contribution is -2.34. The highest BCUT2D eigenvalue weighted by molar-refractivity contribution is 6.30. The Morgan fingerprint density at radius 1 is 1.09 bits per heavy atom. The molecule has 0 saturated heterocycles. The summed E-state index contributed by atoms with van der Waals surface area (Å²) in [5.41, 5.74) is 1.44. The van der Waals surface area contributed by atoms with E-state index in [4.69, 9.17) is 27.9 Å². The van der Waals surface area contributed by atoms with E-state index in [1.165, 1.54) is 6.20 Å². The second kappa shape index (κ2) is 12.4. The van der Waals surface area contributed by atoms with Gasteiger partial charge in [0, 0.05) is 30.6 Å². The SMILES string of the molecule is O=C(C[C@@H]1C/C=C/CCC(=O)N[C@H](c2ccc(Cl)cn2)COC1=O)NCc1ccc(Cl)cc1. The third-order valence-electron chi connectivity index (χ3n) is 5.13. The number of carbonyl (C=O) groups is 3. The third-order valence-corrected chi connectivity index (χ3v) is 5.60. The number of rotatable bonds is 5. The van der Waals surface area contributed by atoms with Crippen LogP contribution < -0.4 is 10.6 Å². The lowest BCUT2D eigenvalue weighted by molar-refractivity contribution is -0.151. The van der Waals surface area contributed by atoms with Crippen LogP contribution in [0, 0.1) is 5.92 Å². The zero-order valence-corrected chi connectivity index (χ0v) is 19.4. The Bertz CT molecular complexity index is 994. The van der Waals surface area contributed by atoms with E-state index in [0.29, 0.717) is 41.5 Å². The van der Waals surface area contributed by atoms with E-state index in [2.05, 4.69) is 15.6 Å². The van der Waals surface area contributed by atoms with Gasteiger partial charge in [0.25, 0.3) is 0 Å². The molecule has 0 bridgehead atoms. The van der Waals surface area contributed by atoms with Crippen LogP contribution in [0.15, 0.2) is 54.7 Å². The van der Waals surface area contributed by atoms with Crippen LogP contribution in [0.3, 0.4) is 0 Å². The number of esters is 1. The van der Waals surface area contributed by atoms with Gasteiger partial charge in [-0.15, -0.1) is 0 Å². The minimum absolute atomic E-state index is 0.00696. The summed E-state index contributed by atoms with van der Waals surface area (Å²) in [5, 5.41) is 6.75. The number of amides is 2. The first-order valence-electron chi connectivity index (χ1n) is 10.6. The van der Waals surface area contributed by atoms with Gasteiger partial charge in [-0.3, -0.25) is 19.4 Å². The molecule has 0 spiro atoms. The van der Waals surface area contributed by atoms with Gasteiger partial charge in [0.2, 0.25) is 11.8 Å². The number of allylic oxidation sites excluding steroid dienone is 2. The third kappa shape index (κ3) is 8.18. The average molecular weight is 490 g/mol. The first-order valence-corrected chi connectivity index (χ1v) is 11.4. The molecule has 33 heavy (non-hydrogen) atoms. The van der Waals surface area contributed by atoms with Crippen LogP contribution in [0.1, 0.15) is 43.0 Å². The normalized spacial score (nSPS) is 20.5. The molecular weight excluding hydrogens is 465 g/mol. The first-order chi connectivity index (χ1) is 15.9. The van der Waals surface area contributed by atoms with Gasteiger partial charge in [0.15, 0.2) is 0 Å². The van der Waals surface area contributed by atoms with Crippen LogP contribution in [-0.2, 0) is 25.7 Å². The number of hydrogen-bond donors (Lipinski definition) is 2. The van der Waals surface area contributed by atoms with Crippen molar-refractivity contribution < 1.29 is 19.1 Å². The molecule has 0 radical (unpaired) electrons. The molecule has 2 N–H and O–H groups in total. The van der Waals surface area contributed by atoms with E-state index < -0.39 is 17.9 Å². The molecule has 3 rings (SSSR count). The zero-order valence-electron chi connectivity index (χ0n) is 17.9. The zero-order chi connectivity index (χ0) is 23.6. The van der Waals surface area contributed by atoms with Gasteiger partial charge < -0.3 is 15.4 Å². The largest absolute Gasteiger partial charge is 0.463 e. The van der Waals surface area contributed by atoms with Crippen LogP contribution in [0.2, 0.25) is 10.0 Å². The van der Waals surface area contributed by atoms with Gasteiger partial charge in [0.05, 0.1) is 16.6 Å². The van der Waals surface area contributed by atoms with Crippen molar-refractivity contribution in [3.8, 4) is 0 Å². The van der Waals surface area contributed by atoms with Crippen LogP contribution in [0.4, 0.5) is 0 Å². The molecule has 1 aliphatic rings. The van der Waals surface area contributed by atoms with Crippen molar-refractivity contribution in [2.24, 2.45) is 5.92 Å². The minimum atomic E-state index is -0.638. The van der Waals surface area contributed by atoms with Crippen molar-refractivity contribution in [3.05, 3.63) is 76.0 Å². The van der Waals surface area contributed by atoms with Gasteiger partial charge in [-0.1, -0.05) is 47.5 Å². The van der Waals surface area contributed by atoms with Crippen LogP contribution in [0.25, 0.3) is 0 Å². The van der Waals surface area contributed by atoms with Crippen LogP contribution in [-0.4, -0.2) is 29.4 Å². The number of nitrogens with zero attached hydrogens (tertiary/aromatic N) is 1. The molecule has 2 heterocycles. The number of ether oxygens (including phenoxy) is 1. The number of benzene rings is 1. The molecule has 7 nitrogen and oxygen atoms in total. The predicted molar refractivity (Wildman–Crippen MR) is 125 cm³/mol. The van der Waals surface area contributed by atoms with E-state index >= 15 is 0 Å². The summed E-state index contributed by atoms with van der Waals surface area (Å²) in [4.78, 5) is 41.7. The van der Waals surface area contributed by atoms with Crippen molar-refractivity contribution in [1.29, 1.82) is 0 Å². The number of pyridine rings is 1. The Morgan fingerprint density at radius 3 is 2.58 bits per heavy atom. The lowest BCUT2D eigenvalue weighted by atomic mass is 10.00. The highest BCUT2D eigenvalue weighted by atomic mass is 35.5. The molecule has 174 valence electrons. The fourth-order valence-electron chi connectivity index (χ4n) is 3.30. The van der Waals surface area contributed by atoms with Gasteiger partial charge in [-0.05, 0) is 42.7 Å². The Hall–Kier alpha value is -2.90. The smallest absolute Gasteiger partial charge is 0.309 e. The van der Waals surface area contributed by atoms with E-state index in [-0.39, 0.29) is 24.8 Å². The lowest BCUT2D eigenvalue weighted by Gasteiger charge is -2.21. The highest BCUT2D eigenvalue weighted by Crippen LogP contribution is 2.19. The molecule has 0 saturated carbocycles. The van der Waals surface area contributed by atoms with Gasteiger partial charge in [-0.25, -0.2) is 0 Å². The second-order valence-corrected chi connectivity index (χ2v) is 8.57. The summed E-state index contributed by atoms with van der Waals surface area (Å²) < 4.78 is 5.49. The van der Waals surface area contributed by atoms with Gasteiger partial charge >= 0.3 is 5.97 Å². The van der Waals surface area contributed by atoms with Crippen molar-refractivity contribution in [2.75, 3.05) is 6.61 Å². The Morgan fingerprint density at radius 2 is 1.85 bits per heavy atom. The summed E-state index contributed by atoms with van der Waals surface area (Å²) in [6, 6.07) is 9.88. The number of aromatic nitrogens is 1. The summed E-state index contributed by atoms with van der Waals surface area (Å²) >= 11 is 11.8. The molecule has 9 heteroatoms. The maximum Gasteiger partial charge on any atom is 0.309 e. The minimum Gasteiger partial charge on any atom is -0.463 e. The number of hydrogen-bond acceptors (Lipinski definition) is 5. The molecule has 0 unspecified atom stereocenters. The fraction of sp³-hybridized carbons (Fsp3) is 0.333. The molecule has 0 fully saturated rings. The maximum absolute atomic E-state index is 12.8. The van der Waals surface area contributed by atoms with E-state index in [1.807, 2.05) is 24.3 Å². The Balaban J connectivity index is 1.64. The molecule has 2 atom stereocenters. The Labute approximate surface area is 202 Å². The molecule has 1 aromatic carbocycles. The van der Waals surface area contributed by atoms with Crippen molar-refractivity contribution in [3.63, 3.8) is 0 Å². The molecule has 2 amide bonds. The van der Waals surface area contributed by atoms with Crippen molar-refractivity contribution in [1.82, 2.24) is 15.6 Å². The highest BCUT2D eigenvalue weighted by Gasteiger charge is 2.25. The van der Waals surface area contributed by atoms with Gasteiger partial charge in [-0.2, -0.15) is 0 Å². The van der Waals surface area contributed by atoms with E-state index in [1.54, 1.807) is 24.3 Å². The maximum atomic E-state index is 12.8. The molecule has 2 aromatic rings. The predicted octanol–water partition coefficient (Wildman–Crippen LogP) is 4.15.